The Bertz CT molecular complexity index is 878. The molecule has 2 atom stereocenters. The standard InChI is InChI=1S/C21H28N2O4S/c1-5-20(17-8-6-15(2)7-9-17)22-21(24)18-10-12-19(13-11-18)28(25,26)23-16(3)14-27-4/h6-13,16,20,23H,5,14H2,1-4H3,(H,22,24)/t16-,20+/m0/s1. The summed E-state index contributed by atoms with van der Waals surface area (Å²) >= 11 is 0. The van der Waals surface area contributed by atoms with E-state index in [9.17, 15) is 13.2 Å². The molecular weight excluding hydrogens is 376 g/mol. The molecule has 2 N–H and O–H groups in total. The molecule has 0 aliphatic heterocycles. The van der Waals surface area contributed by atoms with Gasteiger partial charge in [-0.05, 0) is 50.1 Å². The number of hydrogen-bond acceptors (Lipinski definition) is 4. The van der Waals surface area contributed by atoms with Crippen LogP contribution in [0.25, 0.3) is 0 Å². The van der Waals surface area contributed by atoms with Gasteiger partial charge in [-0.15, -0.1) is 0 Å². The molecule has 0 bridgehead atoms. The third-order valence-corrected chi connectivity index (χ3v) is 6.00. The summed E-state index contributed by atoms with van der Waals surface area (Å²) in [6, 6.07) is 13.5. The van der Waals surface area contributed by atoms with E-state index in [0.717, 1.165) is 17.5 Å². The summed E-state index contributed by atoms with van der Waals surface area (Å²) in [6.45, 7) is 6.02. The van der Waals surface area contributed by atoms with Crippen LogP contribution in [0.3, 0.4) is 0 Å². The Morgan fingerprint density at radius 2 is 1.68 bits per heavy atom. The maximum absolute atomic E-state index is 12.6. The minimum Gasteiger partial charge on any atom is -0.383 e. The van der Waals surface area contributed by atoms with Gasteiger partial charge in [-0.25, -0.2) is 13.1 Å². The highest BCUT2D eigenvalue weighted by atomic mass is 32.2. The van der Waals surface area contributed by atoms with Gasteiger partial charge in [-0.3, -0.25) is 4.79 Å². The Morgan fingerprint density at radius 3 is 2.21 bits per heavy atom. The summed E-state index contributed by atoms with van der Waals surface area (Å²) in [5.74, 6) is -0.239. The lowest BCUT2D eigenvalue weighted by atomic mass is 10.0. The molecule has 2 aromatic rings. The molecule has 28 heavy (non-hydrogen) atoms. The number of rotatable bonds is 9. The van der Waals surface area contributed by atoms with E-state index in [0.29, 0.717) is 5.56 Å². The minimum atomic E-state index is -3.66. The van der Waals surface area contributed by atoms with Crippen LogP contribution in [-0.2, 0) is 14.8 Å². The average molecular weight is 405 g/mol. The summed E-state index contributed by atoms with van der Waals surface area (Å²) in [5, 5.41) is 3.01. The van der Waals surface area contributed by atoms with Gasteiger partial charge >= 0.3 is 0 Å². The first kappa shape index (κ1) is 22.1. The number of ether oxygens (including phenoxy) is 1. The van der Waals surface area contributed by atoms with Crippen LogP contribution in [0.1, 0.15) is 47.8 Å². The highest BCUT2D eigenvalue weighted by Gasteiger charge is 2.19. The molecule has 0 fully saturated rings. The molecule has 0 aliphatic carbocycles. The Hall–Kier alpha value is -2.22. The summed E-state index contributed by atoms with van der Waals surface area (Å²) in [5.41, 5.74) is 2.61. The van der Waals surface area contributed by atoms with E-state index in [1.54, 1.807) is 6.92 Å². The number of sulfonamides is 1. The van der Waals surface area contributed by atoms with Crippen LogP contribution in [0.15, 0.2) is 53.4 Å². The van der Waals surface area contributed by atoms with Crippen molar-refractivity contribution in [3.8, 4) is 0 Å². The number of nitrogens with one attached hydrogen (secondary N) is 2. The van der Waals surface area contributed by atoms with Gasteiger partial charge in [0.15, 0.2) is 0 Å². The van der Waals surface area contributed by atoms with Crippen molar-refractivity contribution < 1.29 is 17.9 Å². The van der Waals surface area contributed by atoms with E-state index in [4.69, 9.17) is 4.74 Å². The van der Waals surface area contributed by atoms with Crippen molar-refractivity contribution in [3.63, 3.8) is 0 Å². The lowest BCUT2D eigenvalue weighted by Crippen LogP contribution is -2.35. The molecule has 0 unspecified atom stereocenters. The summed E-state index contributed by atoms with van der Waals surface area (Å²) in [6.07, 6.45) is 0.753. The number of hydrogen-bond donors (Lipinski definition) is 2. The number of amides is 1. The van der Waals surface area contributed by atoms with E-state index in [1.807, 2.05) is 38.1 Å². The number of carbonyl (C=O) groups is 1. The van der Waals surface area contributed by atoms with Gasteiger partial charge in [0.2, 0.25) is 10.0 Å². The van der Waals surface area contributed by atoms with Crippen molar-refractivity contribution in [3.05, 3.63) is 65.2 Å². The SMILES string of the molecule is CC[C@@H](NC(=O)c1ccc(S(=O)(=O)N[C@@H](C)COC)cc1)c1ccc(C)cc1. The smallest absolute Gasteiger partial charge is 0.251 e. The summed E-state index contributed by atoms with van der Waals surface area (Å²) < 4.78 is 32.2. The van der Waals surface area contributed by atoms with Gasteiger partial charge < -0.3 is 10.1 Å². The van der Waals surface area contributed by atoms with Crippen LogP contribution in [0.5, 0.6) is 0 Å². The molecule has 0 spiro atoms. The van der Waals surface area contributed by atoms with Crippen molar-refractivity contribution in [2.45, 2.75) is 44.2 Å². The number of methoxy groups -OCH3 is 1. The van der Waals surface area contributed by atoms with Crippen molar-refractivity contribution in [1.82, 2.24) is 10.0 Å². The second-order valence-electron chi connectivity index (χ2n) is 6.85. The zero-order valence-corrected chi connectivity index (χ0v) is 17.5. The Morgan fingerprint density at radius 1 is 1.07 bits per heavy atom. The van der Waals surface area contributed by atoms with E-state index in [2.05, 4.69) is 10.0 Å². The maximum atomic E-state index is 12.6. The third kappa shape index (κ3) is 5.89. The first-order valence-corrected chi connectivity index (χ1v) is 10.7. The fourth-order valence-corrected chi connectivity index (χ4v) is 4.09. The number of aryl methyl sites for hydroxylation is 1. The second kappa shape index (κ2) is 9.82. The van der Waals surface area contributed by atoms with Gasteiger partial charge in [0.1, 0.15) is 0 Å². The van der Waals surface area contributed by atoms with Gasteiger partial charge in [-0.1, -0.05) is 36.8 Å². The predicted octanol–water partition coefficient (Wildman–Crippen LogP) is 3.19. The fourth-order valence-electron chi connectivity index (χ4n) is 2.86. The number of carbonyl (C=O) groups excluding carboxylic acids is 1. The van der Waals surface area contributed by atoms with E-state index in [-0.39, 0.29) is 29.5 Å². The first-order valence-electron chi connectivity index (χ1n) is 9.25. The number of benzene rings is 2. The lowest BCUT2D eigenvalue weighted by Gasteiger charge is -2.18. The largest absolute Gasteiger partial charge is 0.383 e. The van der Waals surface area contributed by atoms with Crippen LogP contribution in [0.2, 0.25) is 0 Å². The van der Waals surface area contributed by atoms with Crippen molar-refractivity contribution in [2.24, 2.45) is 0 Å². The van der Waals surface area contributed by atoms with Crippen molar-refractivity contribution >= 4 is 15.9 Å². The van der Waals surface area contributed by atoms with Gasteiger partial charge in [0, 0.05) is 18.7 Å². The average Bonchev–Trinajstić information content (AvgIpc) is 2.66. The maximum Gasteiger partial charge on any atom is 0.251 e. The van der Waals surface area contributed by atoms with Crippen LogP contribution in [0, 0.1) is 6.92 Å². The quantitative estimate of drug-likeness (QED) is 0.672. The van der Waals surface area contributed by atoms with Crippen LogP contribution < -0.4 is 10.0 Å². The second-order valence-corrected chi connectivity index (χ2v) is 8.56. The highest BCUT2D eigenvalue weighted by Crippen LogP contribution is 2.18. The van der Waals surface area contributed by atoms with Crippen molar-refractivity contribution in [2.75, 3.05) is 13.7 Å². The fraction of sp³-hybridized carbons (Fsp3) is 0.381. The Labute approximate surface area is 167 Å². The van der Waals surface area contributed by atoms with Crippen LogP contribution in [0.4, 0.5) is 0 Å². The molecule has 0 radical (unpaired) electrons. The molecule has 0 aliphatic rings. The van der Waals surface area contributed by atoms with Crippen LogP contribution >= 0.6 is 0 Å². The van der Waals surface area contributed by atoms with E-state index >= 15 is 0 Å². The predicted molar refractivity (Wildman–Crippen MR) is 110 cm³/mol. The van der Waals surface area contributed by atoms with E-state index in [1.165, 1.54) is 31.4 Å². The molecule has 0 saturated carbocycles. The molecule has 7 heteroatoms. The Balaban J connectivity index is 2.09. The minimum absolute atomic E-state index is 0.104. The molecule has 0 saturated heterocycles. The van der Waals surface area contributed by atoms with Crippen molar-refractivity contribution in [1.29, 1.82) is 0 Å². The highest BCUT2D eigenvalue weighted by molar-refractivity contribution is 7.89. The van der Waals surface area contributed by atoms with Gasteiger partial charge in [0.05, 0.1) is 17.5 Å². The molecule has 1 amide bonds. The van der Waals surface area contributed by atoms with Crippen LogP contribution in [-0.4, -0.2) is 34.1 Å². The molecule has 0 aromatic heterocycles. The zero-order chi connectivity index (χ0) is 20.7. The molecule has 0 heterocycles. The van der Waals surface area contributed by atoms with Gasteiger partial charge in [0.25, 0.3) is 5.91 Å². The summed E-state index contributed by atoms with van der Waals surface area (Å²) in [7, 11) is -2.15. The monoisotopic (exact) mass is 404 g/mol. The first-order chi connectivity index (χ1) is 13.3. The molecule has 152 valence electrons. The summed E-state index contributed by atoms with van der Waals surface area (Å²) in [4.78, 5) is 12.7. The molecule has 2 aromatic carbocycles. The lowest BCUT2D eigenvalue weighted by molar-refractivity contribution is 0.0935. The topological polar surface area (TPSA) is 84.5 Å². The van der Waals surface area contributed by atoms with Gasteiger partial charge in [-0.2, -0.15) is 0 Å². The molecule has 2 rings (SSSR count). The van der Waals surface area contributed by atoms with E-state index < -0.39 is 10.0 Å². The zero-order valence-electron chi connectivity index (χ0n) is 16.7. The molecular formula is C21H28N2O4S. The Kier molecular flexibility index (Phi) is 7.74. The normalized spacial score (nSPS) is 13.7. The third-order valence-electron chi connectivity index (χ3n) is 4.39. The molecule has 6 nitrogen and oxygen atoms in total.